The molecule has 3 aromatic rings. The van der Waals surface area contributed by atoms with Gasteiger partial charge in [-0.2, -0.15) is 0 Å². The molecular formula is C24H29N7O2. The van der Waals surface area contributed by atoms with Crippen LogP contribution in [0.1, 0.15) is 32.6 Å². The first-order valence-corrected chi connectivity index (χ1v) is 11.7. The Bertz CT molecular complexity index is 1050. The first-order valence-electron chi connectivity index (χ1n) is 11.7. The van der Waals surface area contributed by atoms with E-state index in [1.54, 1.807) is 6.26 Å². The van der Waals surface area contributed by atoms with Gasteiger partial charge in [0.05, 0.1) is 6.26 Å². The third kappa shape index (κ3) is 4.97. The fourth-order valence-electron chi connectivity index (χ4n) is 4.47. The van der Waals surface area contributed by atoms with E-state index in [9.17, 15) is 4.79 Å². The molecule has 5 rings (SSSR count). The van der Waals surface area contributed by atoms with Gasteiger partial charge in [-0.3, -0.25) is 4.79 Å². The summed E-state index contributed by atoms with van der Waals surface area (Å²) in [5, 5.41) is 11.6. The maximum Gasteiger partial charge on any atom is 0.228 e. The van der Waals surface area contributed by atoms with Gasteiger partial charge < -0.3 is 19.5 Å². The van der Waals surface area contributed by atoms with Crippen molar-refractivity contribution in [1.82, 2.24) is 20.2 Å². The third-order valence-electron chi connectivity index (χ3n) is 6.63. The lowest BCUT2D eigenvalue weighted by atomic mass is 9.96. The lowest BCUT2D eigenvalue weighted by Crippen LogP contribution is -2.38. The molecule has 0 radical (unpaired) electrons. The minimum absolute atomic E-state index is 0.0193. The van der Waals surface area contributed by atoms with Crippen molar-refractivity contribution in [2.75, 3.05) is 41.3 Å². The summed E-state index contributed by atoms with van der Waals surface area (Å²) in [4.78, 5) is 26.0. The van der Waals surface area contributed by atoms with Crippen molar-refractivity contribution in [2.45, 2.75) is 32.6 Å². The molecule has 172 valence electrons. The predicted molar refractivity (Wildman–Crippen MR) is 126 cm³/mol. The van der Waals surface area contributed by atoms with Crippen LogP contribution in [0.4, 0.5) is 17.5 Å². The molecule has 2 aliphatic rings. The zero-order valence-electron chi connectivity index (χ0n) is 18.9. The topological polar surface area (TPSA) is 100 Å². The Morgan fingerprint density at radius 2 is 1.73 bits per heavy atom. The van der Waals surface area contributed by atoms with Crippen molar-refractivity contribution >= 4 is 23.4 Å². The molecule has 2 saturated heterocycles. The number of rotatable bonds is 5. The van der Waals surface area contributed by atoms with E-state index >= 15 is 0 Å². The second kappa shape index (κ2) is 9.56. The third-order valence-corrected chi connectivity index (χ3v) is 6.63. The van der Waals surface area contributed by atoms with Crippen LogP contribution in [0.5, 0.6) is 0 Å². The summed E-state index contributed by atoms with van der Waals surface area (Å²) < 4.78 is 5.37. The number of piperidine rings is 2. The monoisotopic (exact) mass is 447 g/mol. The van der Waals surface area contributed by atoms with Crippen molar-refractivity contribution < 1.29 is 9.21 Å². The van der Waals surface area contributed by atoms with Crippen molar-refractivity contribution in [3.63, 3.8) is 0 Å². The van der Waals surface area contributed by atoms with Gasteiger partial charge in [-0.15, -0.1) is 10.2 Å². The molecule has 9 heteroatoms. The predicted octanol–water partition coefficient (Wildman–Crippen LogP) is 3.62. The largest absolute Gasteiger partial charge is 0.463 e. The van der Waals surface area contributed by atoms with Crippen LogP contribution >= 0.6 is 0 Å². The number of carbonyl (C=O) groups excluding carboxylic acids is 1. The summed E-state index contributed by atoms with van der Waals surface area (Å²) >= 11 is 0. The van der Waals surface area contributed by atoms with Crippen molar-refractivity contribution in [2.24, 2.45) is 11.8 Å². The van der Waals surface area contributed by atoms with Crippen molar-refractivity contribution in [3.05, 3.63) is 42.9 Å². The summed E-state index contributed by atoms with van der Waals surface area (Å²) in [6.07, 6.45) is 7.01. The van der Waals surface area contributed by atoms with Crippen molar-refractivity contribution in [1.29, 1.82) is 0 Å². The van der Waals surface area contributed by atoms with Crippen LogP contribution in [-0.4, -0.2) is 52.3 Å². The molecule has 9 nitrogen and oxygen atoms in total. The highest BCUT2D eigenvalue weighted by atomic mass is 16.3. The molecule has 5 heterocycles. The molecule has 0 unspecified atom stereocenters. The highest BCUT2D eigenvalue weighted by Crippen LogP contribution is 2.26. The second-order valence-electron chi connectivity index (χ2n) is 8.94. The summed E-state index contributed by atoms with van der Waals surface area (Å²) in [6.45, 7) is 5.79. The molecule has 0 spiro atoms. The van der Waals surface area contributed by atoms with Crippen LogP contribution in [0.2, 0.25) is 0 Å². The van der Waals surface area contributed by atoms with Gasteiger partial charge in [0, 0.05) is 38.2 Å². The summed E-state index contributed by atoms with van der Waals surface area (Å²) in [6, 6.07) is 9.45. The molecule has 1 N–H and O–H groups in total. The molecule has 0 saturated carbocycles. The highest BCUT2D eigenvalue weighted by Gasteiger charge is 2.26. The van der Waals surface area contributed by atoms with E-state index in [2.05, 4.69) is 42.2 Å². The van der Waals surface area contributed by atoms with E-state index < -0.39 is 0 Å². The molecule has 33 heavy (non-hydrogen) atoms. The molecule has 2 aliphatic heterocycles. The van der Waals surface area contributed by atoms with E-state index in [-0.39, 0.29) is 11.8 Å². The van der Waals surface area contributed by atoms with E-state index in [0.717, 1.165) is 56.6 Å². The first kappa shape index (κ1) is 21.4. The Morgan fingerprint density at radius 1 is 0.970 bits per heavy atom. The number of nitrogens with one attached hydrogen (secondary N) is 1. The fourth-order valence-corrected chi connectivity index (χ4v) is 4.47. The second-order valence-corrected chi connectivity index (χ2v) is 8.94. The van der Waals surface area contributed by atoms with Crippen LogP contribution in [0.15, 0.2) is 47.3 Å². The maximum atomic E-state index is 12.9. The van der Waals surface area contributed by atoms with Crippen LogP contribution < -0.4 is 15.1 Å². The summed E-state index contributed by atoms with van der Waals surface area (Å²) in [7, 11) is 0. The number of furan rings is 1. The minimum atomic E-state index is -0.0501. The number of amides is 1. The maximum absolute atomic E-state index is 12.9. The average molecular weight is 448 g/mol. The number of carbonyl (C=O) groups is 1. The molecule has 3 aromatic heterocycles. The Morgan fingerprint density at radius 3 is 2.42 bits per heavy atom. The van der Waals surface area contributed by atoms with Gasteiger partial charge in [-0.25, -0.2) is 9.97 Å². The van der Waals surface area contributed by atoms with Crippen LogP contribution in [0, 0.1) is 11.8 Å². The smallest absolute Gasteiger partial charge is 0.228 e. The van der Waals surface area contributed by atoms with Crippen LogP contribution in [-0.2, 0) is 4.79 Å². The SMILES string of the molecule is CC1CCN(c2cc(NC(=O)C3CCN(c4ccc(-c5ccco5)nn4)CC3)ncn2)CC1. The average Bonchev–Trinajstić information content (AvgIpc) is 3.40. The number of hydrogen-bond donors (Lipinski definition) is 1. The minimum Gasteiger partial charge on any atom is -0.463 e. The van der Waals surface area contributed by atoms with E-state index in [1.807, 2.05) is 30.3 Å². The van der Waals surface area contributed by atoms with E-state index in [4.69, 9.17) is 4.42 Å². The molecule has 0 atom stereocenters. The molecule has 0 bridgehead atoms. The van der Waals surface area contributed by atoms with Gasteiger partial charge in [0.15, 0.2) is 11.6 Å². The van der Waals surface area contributed by atoms with Crippen LogP contribution in [0.25, 0.3) is 11.5 Å². The number of aromatic nitrogens is 4. The lowest BCUT2D eigenvalue weighted by Gasteiger charge is -2.32. The zero-order chi connectivity index (χ0) is 22.6. The highest BCUT2D eigenvalue weighted by molar-refractivity contribution is 5.92. The molecule has 1 amide bonds. The molecule has 0 aliphatic carbocycles. The Balaban J connectivity index is 1.15. The Hall–Kier alpha value is -3.49. The van der Waals surface area contributed by atoms with Gasteiger partial charge in [0.1, 0.15) is 23.7 Å². The number of nitrogens with zero attached hydrogens (tertiary/aromatic N) is 6. The lowest BCUT2D eigenvalue weighted by molar-refractivity contribution is -0.120. The van der Waals surface area contributed by atoms with Crippen LogP contribution in [0.3, 0.4) is 0 Å². The van der Waals surface area contributed by atoms with E-state index in [1.165, 1.54) is 19.2 Å². The first-order chi connectivity index (χ1) is 16.2. The zero-order valence-corrected chi connectivity index (χ0v) is 18.9. The molecular weight excluding hydrogens is 418 g/mol. The summed E-state index contributed by atoms with van der Waals surface area (Å²) in [5.41, 5.74) is 0.710. The van der Waals surface area contributed by atoms with E-state index in [0.29, 0.717) is 17.3 Å². The van der Waals surface area contributed by atoms with Crippen molar-refractivity contribution in [3.8, 4) is 11.5 Å². The Kier molecular flexibility index (Phi) is 6.19. The van der Waals surface area contributed by atoms with Gasteiger partial charge in [-0.1, -0.05) is 6.92 Å². The Labute approximate surface area is 193 Å². The van der Waals surface area contributed by atoms with Gasteiger partial charge >= 0.3 is 0 Å². The van der Waals surface area contributed by atoms with Gasteiger partial charge in [0.25, 0.3) is 0 Å². The quantitative estimate of drug-likeness (QED) is 0.633. The fraction of sp³-hybridized carbons (Fsp3) is 0.458. The van der Waals surface area contributed by atoms with Gasteiger partial charge in [-0.05, 0) is 55.9 Å². The molecule has 0 aromatic carbocycles. The number of anilines is 3. The molecule has 2 fully saturated rings. The van der Waals surface area contributed by atoms with Gasteiger partial charge in [0.2, 0.25) is 5.91 Å². The standard InChI is InChI=1S/C24H29N7O2/c1-17-6-10-31(11-7-17)23-15-21(25-16-26-23)27-24(32)18-8-12-30(13-9-18)22-5-4-19(28-29-22)20-3-2-14-33-20/h2-5,14-18H,6-13H2,1H3,(H,25,26,27,32). The summed E-state index contributed by atoms with van der Waals surface area (Å²) in [5.74, 6) is 3.71. The number of hydrogen-bond acceptors (Lipinski definition) is 8. The normalized spacial score (nSPS) is 17.8.